The van der Waals surface area contributed by atoms with Gasteiger partial charge in [-0.15, -0.1) is 0 Å². The van der Waals surface area contributed by atoms with Crippen LogP contribution >= 0.6 is 0 Å². The van der Waals surface area contributed by atoms with Crippen LogP contribution in [-0.2, 0) is 19.6 Å². The average Bonchev–Trinajstić information content (AvgIpc) is 2.87. The molecule has 2 aliphatic rings. The highest BCUT2D eigenvalue weighted by Crippen LogP contribution is 2.34. The standard InChI is InChI=1S/C23H27N3O7S/c1-16(27)26-15-22(33-19-7-5-4-6-18(19)26)23(28)24-10-12-25(13-11-24)34(29,30)17-8-9-20(31-2)21(14-17)32-3/h4-9,14,22H,10-13,15H2,1-3H3. The van der Waals surface area contributed by atoms with Crippen molar-refractivity contribution in [3.05, 3.63) is 42.5 Å². The molecule has 182 valence electrons. The number of carbonyl (C=O) groups excluding carboxylic acids is 2. The summed E-state index contributed by atoms with van der Waals surface area (Å²) in [4.78, 5) is 28.5. The van der Waals surface area contributed by atoms with Gasteiger partial charge in [0.1, 0.15) is 5.75 Å². The molecule has 0 radical (unpaired) electrons. The van der Waals surface area contributed by atoms with Crippen LogP contribution in [-0.4, -0.2) is 82.5 Å². The van der Waals surface area contributed by atoms with Gasteiger partial charge < -0.3 is 24.0 Å². The van der Waals surface area contributed by atoms with Gasteiger partial charge in [-0.05, 0) is 24.3 Å². The van der Waals surface area contributed by atoms with E-state index in [9.17, 15) is 18.0 Å². The molecule has 2 aliphatic heterocycles. The Kier molecular flexibility index (Phi) is 6.67. The summed E-state index contributed by atoms with van der Waals surface area (Å²) in [5.41, 5.74) is 0.630. The number of hydrogen-bond donors (Lipinski definition) is 0. The maximum atomic E-state index is 13.2. The number of amides is 2. The first-order valence-electron chi connectivity index (χ1n) is 10.8. The molecule has 0 saturated carbocycles. The van der Waals surface area contributed by atoms with Crippen molar-refractivity contribution in [3.8, 4) is 17.2 Å². The average molecular weight is 490 g/mol. The lowest BCUT2D eigenvalue weighted by atomic mass is 10.1. The molecule has 34 heavy (non-hydrogen) atoms. The molecule has 1 fully saturated rings. The third-order valence-corrected chi connectivity index (χ3v) is 7.87. The number of rotatable bonds is 5. The Morgan fingerprint density at radius 2 is 1.65 bits per heavy atom. The normalized spacial score (nSPS) is 18.6. The first-order valence-corrected chi connectivity index (χ1v) is 12.2. The van der Waals surface area contributed by atoms with E-state index in [-0.39, 0.29) is 49.4 Å². The monoisotopic (exact) mass is 489 g/mol. The Labute approximate surface area is 198 Å². The number of fused-ring (bicyclic) bond motifs is 1. The first kappa shape index (κ1) is 23.8. The smallest absolute Gasteiger partial charge is 0.265 e. The van der Waals surface area contributed by atoms with Crippen LogP contribution in [0.4, 0.5) is 5.69 Å². The number of carbonyl (C=O) groups is 2. The SMILES string of the molecule is COc1ccc(S(=O)(=O)N2CCN(C(=O)C3CN(C(C)=O)c4ccccc4O3)CC2)cc1OC. The van der Waals surface area contributed by atoms with E-state index in [0.29, 0.717) is 22.9 Å². The van der Waals surface area contributed by atoms with Gasteiger partial charge in [0, 0.05) is 39.2 Å². The molecule has 1 unspecified atom stereocenters. The van der Waals surface area contributed by atoms with Crippen LogP contribution in [0.15, 0.2) is 47.4 Å². The minimum absolute atomic E-state index is 0.0919. The summed E-state index contributed by atoms with van der Waals surface area (Å²) in [7, 11) is -0.857. The molecule has 0 aromatic heterocycles. The van der Waals surface area contributed by atoms with Crippen LogP contribution < -0.4 is 19.1 Å². The van der Waals surface area contributed by atoms with Gasteiger partial charge in [-0.3, -0.25) is 9.59 Å². The fraction of sp³-hybridized carbons (Fsp3) is 0.391. The Morgan fingerprint density at radius 1 is 0.971 bits per heavy atom. The third kappa shape index (κ3) is 4.40. The summed E-state index contributed by atoms with van der Waals surface area (Å²) in [5, 5.41) is 0. The van der Waals surface area contributed by atoms with E-state index in [4.69, 9.17) is 14.2 Å². The molecule has 11 heteroatoms. The van der Waals surface area contributed by atoms with Gasteiger partial charge in [0.05, 0.1) is 31.3 Å². The summed E-state index contributed by atoms with van der Waals surface area (Å²) in [5.74, 6) is 0.771. The molecule has 10 nitrogen and oxygen atoms in total. The number of benzene rings is 2. The second-order valence-electron chi connectivity index (χ2n) is 7.95. The molecule has 2 aromatic carbocycles. The van der Waals surface area contributed by atoms with Crippen molar-refractivity contribution in [2.24, 2.45) is 0 Å². The predicted molar refractivity (Wildman–Crippen MR) is 124 cm³/mol. The van der Waals surface area contributed by atoms with Crippen molar-refractivity contribution in [1.82, 2.24) is 9.21 Å². The van der Waals surface area contributed by atoms with E-state index in [1.807, 2.05) is 0 Å². The predicted octanol–water partition coefficient (Wildman–Crippen LogP) is 1.35. The molecular formula is C23H27N3O7S. The molecule has 0 spiro atoms. The molecule has 0 aliphatic carbocycles. The van der Waals surface area contributed by atoms with Crippen LogP contribution in [0.5, 0.6) is 17.2 Å². The minimum Gasteiger partial charge on any atom is -0.493 e. The largest absolute Gasteiger partial charge is 0.493 e. The van der Waals surface area contributed by atoms with Crippen LogP contribution in [0.3, 0.4) is 0 Å². The zero-order valence-corrected chi connectivity index (χ0v) is 20.1. The van der Waals surface area contributed by atoms with Crippen molar-refractivity contribution in [2.75, 3.05) is 51.8 Å². The summed E-state index contributed by atoms with van der Waals surface area (Å²) in [6, 6.07) is 11.5. The van der Waals surface area contributed by atoms with Crippen LogP contribution in [0.25, 0.3) is 0 Å². The lowest BCUT2D eigenvalue weighted by molar-refractivity contribution is -0.140. The second-order valence-corrected chi connectivity index (χ2v) is 9.89. The quantitative estimate of drug-likeness (QED) is 0.624. The zero-order chi connectivity index (χ0) is 24.5. The van der Waals surface area contributed by atoms with E-state index in [1.165, 1.54) is 42.5 Å². The number of sulfonamides is 1. The lowest BCUT2D eigenvalue weighted by Gasteiger charge is -2.38. The summed E-state index contributed by atoms with van der Waals surface area (Å²) >= 11 is 0. The van der Waals surface area contributed by atoms with Gasteiger partial charge in [-0.1, -0.05) is 12.1 Å². The summed E-state index contributed by atoms with van der Waals surface area (Å²) in [6.07, 6.45) is -0.854. The molecule has 2 heterocycles. The van der Waals surface area contributed by atoms with Crippen LogP contribution in [0, 0.1) is 0 Å². The molecule has 1 saturated heterocycles. The lowest BCUT2D eigenvalue weighted by Crippen LogP contribution is -2.56. The Bertz CT molecular complexity index is 1190. The van der Waals surface area contributed by atoms with Gasteiger partial charge in [-0.2, -0.15) is 4.31 Å². The highest BCUT2D eigenvalue weighted by molar-refractivity contribution is 7.89. The van der Waals surface area contributed by atoms with Crippen molar-refractivity contribution >= 4 is 27.5 Å². The van der Waals surface area contributed by atoms with E-state index in [1.54, 1.807) is 35.2 Å². The highest BCUT2D eigenvalue weighted by atomic mass is 32.2. The highest BCUT2D eigenvalue weighted by Gasteiger charge is 2.37. The number of para-hydroxylation sites is 2. The number of methoxy groups -OCH3 is 2. The molecule has 1 atom stereocenters. The van der Waals surface area contributed by atoms with Crippen molar-refractivity contribution < 1.29 is 32.2 Å². The van der Waals surface area contributed by atoms with E-state index >= 15 is 0 Å². The topological polar surface area (TPSA) is 106 Å². The van der Waals surface area contributed by atoms with Crippen LogP contribution in [0.1, 0.15) is 6.92 Å². The van der Waals surface area contributed by atoms with E-state index in [0.717, 1.165) is 0 Å². The number of ether oxygens (including phenoxy) is 3. The fourth-order valence-electron chi connectivity index (χ4n) is 4.14. The summed E-state index contributed by atoms with van der Waals surface area (Å²) in [6.45, 7) is 2.26. The van der Waals surface area contributed by atoms with E-state index in [2.05, 4.69) is 0 Å². The molecule has 0 bridgehead atoms. The maximum Gasteiger partial charge on any atom is 0.265 e. The molecule has 0 N–H and O–H groups in total. The third-order valence-electron chi connectivity index (χ3n) is 5.97. The van der Waals surface area contributed by atoms with Crippen LogP contribution in [0.2, 0.25) is 0 Å². The van der Waals surface area contributed by atoms with Gasteiger partial charge in [0.15, 0.2) is 17.6 Å². The van der Waals surface area contributed by atoms with Crippen molar-refractivity contribution in [1.29, 1.82) is 0 Å². The molecule has 4 rings (SSSR count). The summed E-state index contributed by atoms with van der Waals surface area (Å²) < 4.78 is 43.9. The Balaban J connectivity index is 1.45. The zero-order valence-electron chi connectivity index (χ0n) is 19.3. The van der Waals surface area contributed by atoms with Gasteiger partial charge in [0.25, 0.3) is 5.91 Å². The number of piperazine rings is 1. The van der Waals surface area contributed by atoms with Gasteiger partial charge >= 0.3 is 0 Å². The molecular weight excluding hydrogens is 462 g/mol. The molecule has 2 amide bonds. The molecule has 2 aromatic rings. The minimum atomic E-state index is -3.78. The number of anilines is 1. The van der Waals surface area contributed by atoms with Gasteiger partial charge in [0.2, 0.25) is 15.9 Å². The maximum absolute atomic E-state index is 13.2. The number of hydrogen-bond acceptors (Lipinski definition) is 7. The first-order chi connectivity index (χ1) is 16.3. The fourth-order valence-corrected chi connectivity index (χ4v) is 5.58. The Hall–Kier alpha value is -3.31. The second kappa shape index (κ2) is 9.51. The Morgan fingerprint density at radius 3 is 2.29 bits per heavy atom. The van der Waals surface area contributed by atoms with Crippen molar-refractivity contribution in [3.63, 3.8) is 0 Å². The van der Waals surface area contributed by atoms with Crippen molar-refractivity contribution in [2.45, 2.75) is 17.9 Å². The van der Waals surface area contributed by atoms with E-state index < -0.39 is 16.1 Å². The van der Waals surface area contributed by atoms with Gasteiger partial charge in [-0.25, -0.2) is 8.42 Å². The number of nitrogens with zero attached hydrogens (tertiary/aromatic N) is 3.